The van der Waals surface area contributed by atoms with Crippen molar-refractivity contribution in [1.82, 2.24) is 5.43 Å². The van der Waals surface area contributed by atoms with Gasteiger partial charge in [-0.15, -0.1) is 0 Å². The lowest BCUT2D eigenvalue weighted by atomic mass is 9.99. The molecular weight excluding hydrogens is 270 g/mol. The molecule has 3 N–H and O–H groups in total. The Hall–Kier alpha value is -1.49. The number of hydrogen-bond donors (Lipinski definition) is 2. The van der Waals surface area contributed by atoms with Gasteiger partial charge in [0.2, 0.25) is 0 Å². The van der Waals surface area contributed by atoms with Gasteiger partial charge in [-0.2, -0.15) is 0 Å². The highest BCUT2D eigenvalue weighted by Gasteiger charge is 2.12. The van der Waals surface area contributed by atoms with Crippen LogP contribution in [0.2, 0.25) is 5.02 Å². The highest BCUT2D eigenvalue weighted by atomic mass is 35.5. The summed E-state index contributed by atoms with van der Waals surface area (Å²) < 4.78 is 26.2. The molecule has 1 atom stereocenters. The van der Waals surface area contributed by atoms with Gasteiger partial charge in [-0.1, -0.05) is 29.8 Å². The lowest BCUT2D eigenvalue weighted by Crippen LogP contribution is -2.29. The Bertz CT molecular complexity index is 558. The van der Waals surface area contributed by atoms with Crippen molar-refractivity contribution in [1.29, 1.82) is 0 Å². The second-order valence-electron chi connectivity index (χ2n) is 4.22. The minimum absolute atomic E-state index is 0.0859. The molecule has 0 aliphatic carbocycles. The molecule has 19 heavy (non-hydrogen) atoms. The molecule has 0 spiro atoms. The SMILES string of the molecule is NNC(Cc1ccc(Cl)c(F)c1)c1ccc(F)cc1. The molecule has 1 unspecified atom stereocenters. The van der Waals surface area contributed by atoms with E-state index in [1.165, 1.54) is 24.3 Å². The zero-order valence-electron chi connectivity index (χ0n) is 10.0. The van der Waals surface area contributed by atoms with Gasteiger partial charge < -0.3 is 0 Å². The zero-order chi connectivity index (χ0) is 13.8. The molecule has 2 nitrogen and oxygen atoms in total. The van der Waals surface area contributed by atoms with E-state index in [2.05, 4.69) is 5.43 Å². The van der Waals surface area contributed by atoms with E-state index in [0.29, 0.717) is 6.42 Å². The Morgan fingerprint density at radius 3 is 2.37 bits per heavy atom. The normalized spacial score (nSPS) is 12.4. The van der Waals surface area contributed by atoms with Crippen molar-refractivity contribution in [2.75, 3.05) is 0 Å². The third-order valence-electron chi connectivity index (χ3n) is 2.90. The van der Waals surface area contributed by atoms with Crippen LogP contribution in [-0.2, 0) is 6.42 Å². The van der Waals surface area contributed by atoms with Crippen LogP contribution in [0.25, 0.3) is 0 Å². The lowest BCUT2D eigenvalue weighted by Gasteiger charge is -2.16. The Labute approximate surface area is 115 Å². The molecule has 100 valence electrons. The van der Waals surface area contributed by atoms with Crippen molar-refractivity contribution in [2.24, 2.45) is 5.84 Å². The number of benzene rings is 2. The molecule has 0 aromatic heterocycles. The predicted octanol–water partition coefficient (Wildman–Crippen LogP) is 3.37. The summed E-state index contributed by atoms with van der Waals surface area (Å²) in [6, 6.07) is 10.4. The molecule has 2 aromatic carbocycles. The van der Waals surface area contributed by atoms with E-state index < -0.39 is 5.82 Å². The first-order chi connectivity index (χ1) is 9.10. The highest BCUT2D eigenvalue weighted by molar-refractivity contribution is 6.30. The molecule has 0 aliphatic heterocycles. The summed E-state index contributed by atoms with van der Waals surface area (Å²) in [4.78, 5) is 0. The first kappa shape index (κ1) is 13.9. The quantitative estimate of drug-likeness (QED) is 0.666. The number of hydrogen-bond acceptors (Lipinski definition) is 2. The summed E-state index contributed by atoms with van der Waals surface area (Å²) in [6.45, 7) is 0. The molecule has 0 radical (unpaired) electrons. The van der Waals surface area contributed by atoms with E-state index >= 15 is 0 Å². The molecule has 0 bridgehead atoms. The number of nitrogens with one attached hydrogen (secondary N) is 1. The average molecular weight is 283 g/mol. The minimum Gasteiger partial charge on any atom is -0.271 e. The molecule has 5 heteroatoms. The van der Waals surface area contributed by atoms with Gasteiger partial charge in [0.05, 0.1) is 5.02 Å². The Balaban J connectivity index is 2.18. The van der Waals surface area contributed by atoms with Gasteiger partial charge in [-0.05, 0) is 41.8 Å². The summed E-state index contributed by atoms with van der Waals surface area (Å²) in [6.07, 6.45) is 0.482. The second kappa shape index (κ2) is 6.10. The van der Waals surface area contributed by atoms with Gasteiger partial charge in [0.25, 0.3) is 0 Å². The Morgan fingerprint density at radius 1 is 1.11 bits per heavy atom. The number of rotatable bonds is 4. The summed E-state index contributed by atoms with van der Waals surface area (Å²) >= 11 is 5.63. The van der Waals surface area contributed by atoms with Gasteiger partial charge in [-0.25, -0.2) is 8.78 Å². The van der Waals surface area contributed by atoms with Crippen LogP contribution in [0.1, 0.15) is 17.2 Å². The smallest absolute Gasteiger partial charge is 0.142 e. The fraction of sp³-hybridized carbons (Fsp3) is 0.143. The molecule has 0 aliphatic rings. The fourth-order valence-corrected chi connectivity index (χ4v) is 1.99. The van der Waals surface area contributed by atoms with E-state index in [1.807, 2.05) is 0 Å². The van der Waals surface area contributed by atoms with Crippen LogP contribution in [0.5, 0.6) is 0 Å². The Morgan fingerprint density at radius 2 is 1.79 bits per heavy atom. The second-order valence-corrected chi connectivity index (χ2v) is 4.63. The minimum atomic E-state index is -0.464. The van der Waals surface area contributed by atoms with E-state index in [4.69, 9.17) is 17.4 Å². The average Bonchev–Trinajstić information content (AvgIpc) is 2.41. The van der Waals surface area contributed by atoms with Crippen molar-refractivity contribution in [3.05, 3.63) is 70.2 Å². The predicted molar refractivity (Wildman–Crippen MR) is 71.6 cm³/mol. The van der Waals surface area contributed by atoms with Crippen LogP contribution in [0.3, 0.4) is 0 Å². The zero-order valence-corrected chi connectivity index (χ0v) is 10.8. The topological polar surface area (TPSA) is 38.0 Å². The maximum atomic E-state index is 13.4. The van der Waals surface area contributed by atoms with Crippen LogP contribution in [0.4, 0.5) is 8.78 Å². The Kier molecular flexibility index (Phi) is 4.47. The molecule has 2 rings (SSSR count). The lowest BCUT2D eigenvalue weighted by molar-refractivity contribution is 0.546. The third-order valence-corrected chi connectivity index (χ3v) is 3.20. The molecule has 2 aromatic rings. The molecule has 0 fully saturated rings. The monoisotopic (exact) mass is 282 g/mol. The van der Waals surface area contributed by atoms with Crippen molar-refractivity contribution < 1.29 is 8.78 Å². The fourth-order valence-electron chi connectivity index (χ4n) is 1.87. The van der Waals surface area contributed by atoms with Gasteiger partial charge in [0.1, 0.15) is 11.6 Å². The third kappa shape index (κ3) is 3.50. The van der Waals surface area contributed by atoms with Crippen molar-refractivity contribution >= 4 is 11.6 Å². The number of halogens is 3. The van der Waals surface area contributed by atoms with Crippen molar-refractivity contribution in [3.63, 3.8) is 0 Å². The molecule has 0 heterocycles. The first-order valence-corrected chi connectivity index (χ1v) is 6.13. The molecule has 0 saturated heterocycles. The first-order valence-electron chi connectivity index (χ1n) is 5.75. The molecular formula is C14H13ClF2N2. The van der Waals surface area contributed by atoms with Crippen molar-refractivity contribution in [2.45, 2.75) is 12.5 Å². The van der Waals surface area contributed by atoms with Crippen LogP contribution >= 0.6 is 11.6 Å². The largest absolute Gasteiger partial charge is 0.271 e. The van der Waals surface area contributed by atoms with E-state index in [0.717, 1.165) is 11.1 Å². The summed E-state index contributed by atoms with van der Waals surface area (Å²) in [5.74, 6) is 4.72. The maximum absolute atomic E-state index is 13.4. The van der Waals surface area contributed by atoms with Crippen LogP contribution in [0.15, 0.2) is 42.5 Å². The maximum Gasteiger partial charge on any atom is 0.142 e. The molecule has 0 amide bonds. The number of hydrazine groups is 1. The van der Waals surface area contributed by atoms with E-state index in [1.54, 1.807) is 18.2 Å². The summed E-state index contributed by atoms with van der Waals surface area (Å²) in [7, 11) is 0. The van der Waals surface area contributed by atoms with Gasteiger partial charge in [-0.3, -0.25) is 11.3 Å². The van der Waals surface area contributed by atoms with Gasteiger partial charge in [0.15, 0.2) is 0 Å². The number of nitrogens with two attached hydrogens (primary N) is 1. The van der Waals surface area contributed by atoms with Crippen LogP contribution < -0.4 is 11.3 Å². The summed E-state index contributed by atoms with van der Waals surface area (Å²) in [5.41, 5.74) is 4.23. The summed E-state index contributed by atoms with van der Waals surface area (Å²) in [5, 5.41) is 0.0859. The van der Waals surface area contributed by atoms with Crippen molar-refractivity contribution in [3.8, 4) is 0 Å². The van der Waals surface area contributed by atoms with E-state index in [-0.39, 0.29) is 16.9 Å². The highest BCUT2D eigenvalue weighted by Crippen LogP contribution is 2.21. The van der Waals surface area contributed by atoms with E-state index in [9.17, 15) is 8.78 Å². The van der Waals surface area contributed by atoms with Gasteiger partial charge in [0, 0.05) is 6.04 Å². The molecule has 0 saturated carbocycles. The van der Waals surface area contributed by atoms with Crippen LogP contribution in [0, 0.1) is 11.6 Å². The van der Waals surface area contributed by atoms with Gasteiger partial charge >= 0.3 is 0 Å². The van der Waals surface area contributed by atoms with Crippen LogP contribution in [-0.4, -0.2) is 0 Å². The standard InChI is InChI=1S/C14H13ClF2N2/c15-12-6-1-9(7-13(12)17)8-14(19-18)10-2-4-11(16)5-3-10/h1-7,14,19H,8,18H2.